The lowest BCUT2D eigenvalue weighted by molar-refractivity contribution is 0.102. The number of benzene rings is 1. The summed E-state index contributed by atoms with van der Waals surface area (Å²) in [6.07, 6.45) is 0. The smallest absolute Gasteiger partial charge is 0.256 e. The van der Waals surface area contributed by atoms with Crippen molar-refractivity contribution in [3.63, 3.8) is 0 Å². The Labute approximate surface area is 127 Å². The van der Waals surface area contributed by atoms with Crippen molar-refractivity contribution in [2.75, 3.05) is 12.4 Å². The van der Waals surface area contributed by atoms with Crippen LogP contribution in [0, 0.1) is 6.92 Å². The first-order chi connectivity index (χ1) is 10.6. The highest BCUT2D eigenvalue weighted by Gasteiger charge is 2.13. The van der Waals surface area contributed by atoms with Crippen molar-refractivity contribution in [1.29, 1.82) is 0 Å². The van der Waals surface area contributed by atoms with Crippen LogP contribution >= 0.6 is 0 Å². The van der Waals surface area contributed by atoms with E-state index in [0.717, 1.165) is 16.7 Å². The number of nitrogens with one attached hydrogen (secondary N) is 1. The van der Waals surface area contributed by atoms with Gasteiger partial charge in [-0.25, -0.2) is 9.67 Å². The van der Waals surface area contributed by atoms with Gasteiger partial charge in [0.05, 0.1) is 12.5 Å². The monoisotopic (exact) mass is 296 g/mol. The first-order valence-electron chi connectivity index (χ1n) is 6.84. The fourth-order valence-electron chi connectivity index (χ4n) is 2.24. The average molecular weight is 296 g/mol. The van der Waals surface area contributed by atoms with Gasteiger partial charge in [0.1, 0.15) is 5.75 Å². The molecule has 1 aromatic carbocycles. The Balaban J connectivity index is 1.90. The lowest BCUT2D eigenvalue weighted by Gasteiger charge is -2.04. The van der Waals surface area contributed by atoms with Gasteiger partial charge in [0.2, 0.25) is 0 Å². The fraction of sp³-hybridized carbons (Fsp3) is 0.188. The number of pyridine rings is 1. The van der Waals surface area contributed by atoms with E-state index in [9.17, 15) is 4.79 Å². The summed E-state index contributed by atoms with van der Waals surface area (Å²) in [6.45, 7) is 1.92. The molecule has 3 aromatic rings. The predicted molar refractivity (Wildman–Crippen MR) is 84.2 cm³/mol. The number of rotatable bonds is 3. The van der Waals surface area contributed by atoms with Crippen LogP contribution in [0.1, 0.15) is 16.1 Å². The number of anilines is 1. The van der Waals surface area contributed by atoms with Crippen LogP contribution in [-0.4, -0.2) is 27.8 Å². The number of ether oxygens (including phenoxy) is 1. The van der Waals surface area contributed by atoms with Crippen LogP contribution in [0.25, 0.3) is 11.0 Å². The molecule has 0 radical (unpaired) electrons. The van der Waals surface area contributed by atoms with Crippen LogP contribution in [0.5, 0.6) is 5.75 Å². The zero-order valence-electron chi connectivity index (χ0n) is 12.6. The second-order valence-electron chi connectivity index (χ2n) is 4.98. The van der Waals surface area contributed by atoms with E-state index in [1.165, 1.54) is 0 Å². The number of carbonyl (C=O) groups excluding carboxylic acids is 1. The van der Waals surface area contributed by atoms with Gasteiger partial charge in [-0.2, -0.15) is 5.10 Å². The van der Waals surface area contributed by atoms with Crippen LogP contribution in [0.4, 0.5) is 5.82 Å². The molecule has 22 heavy (non-hydrogen) atoms. The van der Waals surface area contributed by atoms with Gasteiger partial charge in [0.25, 0.3) is 5.91 Å². The second-order valence-corrected chi connectivity index (χ2v) is 4.98. The zero-order valence-corrected chi connectivity index (χ0v) is 12.6. The molecule has 0 aliphatic rings. The molecule has 0 atom stereocenters. The van der Waals surface area contributed by atoms with E-state index in [4.69, 9.17) is 4.74 Å². The third-order valence-electron chi connectivity index (χ3n) is 3.41. The number of carbonyl (C=O) groups is 1. The maximum absolute atomic E-state index is 12.3. The molecule has 0 bridgehead atoms. The molecule has 6 heteroatoms. The first-order valence-corrected chi connectivity index (χ1v) is 6.84. The summed E-state index contributed by atoms with van der Waals surface area (Å²) in [4.78, 5) is 16.7. The van der Waals surface area contributed by atoms with E-state index in [0.29, 0.717) is 17.1 Å². The number of aryl methyl sites for hydroxylation is 2. The van der Waals surface area contributed by atoms with Crippen molar-refractivity contribution in [3.05, 3.63) is 47.7 Å². The minimum absolute atomic E-state index is 0.219. The van der Waals surface area contributed by atoms with Gasteiger partial charge >= 0.3 is 0 Å². The van der Waals surface area contributed by atoms with E-state index in [1.807, 2.05) is 19.1 Å². The largest absolute Gasteiger partial charge is 0.497 e. The first kappa shape index (κ1) is 14.1. The van der Waals surface area contributed by atoms with Gasteiger partial charge in [-0.3, -0.25) is 4.79 Å². The summed E-state index contributed by atoms with van der Waals surface area (Å²) in [7, 11) is 3.39. The second kappa shape index (κ2) is 5.48. The lowest BCUT2D eigenvalue weighted by Crippen LogP contribution is -2.12. The lowest BCUT2D eigenvalue weighted by atomic mass is 10.2. The average Bonchev–Trinajstić information content (AvgIpc) is 2.83. The molecule has 2 heterocycles. The van der Waals surface area contributed by atoms with Gasteiger partial charge in [-0.05, 0) is 43.3 Å². The Kier molecular flexibility index (Phi) is 3.50. The SMILES string of the molecule is COc1ccc(C(=O)Nc2nn(C)c3nc(C)ccc23)cc1. The van der Waals surface area contributed by atoms with Gasteiger partial charge in [0.15, 0.2) is 11.5 Å². The van der Waals surface area contributed by atoms with Crippen LogP contribution in [0.2, 0.25) is 0 Å². The van der Waals surface area contributed by atoms with Crippen molar-refractivity contribution in [3.8, 4) is 5.75 Å². The minimum Gasteiger partial charge on any atom is -0.497 e. The number of hydrogen-bond acceptors (Lipinski definition) is 4. The Morgan fingerprint density at radius 1 is 1.18 bits per heavy atom. The summed E-state index contributed by atoms with van der Waals surface area (Å²) in [5.41, 5.74) is 2.19. The van der Waals surface area contributed by atoms with Gasteiger partial charge in [0, 0.05) is 18.3 Å². The third-order valence-corrected chi connectivity index (χ3v) is 3.41. The van der Waals surface area contributed by atoms with Crippen molar-refractivity contribution in [1.82, 2.24) is 14.8 Å². The molecular weight excluding hydrogens is 280 g/mol. The quantitative estimate of drug-likeness (QED) is 0.806. The normalized spacial score (nSPS) is 10.7. The van der Waals surface area contributed by atoms with Crippen LogP contribution in [-0.2, 0) is 7.05 Å². The number of aromatic nitrogens is 3. The van der Waals surface area contributed by atoms with Crippen LogP contribution in [0.3, 0.4) is 0 Å². The Morgan fingerprint density at radius 3 is 2.59 bits per heavy atom. The van der Waals surface area contributed by atoms with E-state index in [1.54, 1.807) is 43.1 Å². The summed E-state index contributed by atoms with van der Waals surface area (Å²) >= 11 is 0. The molecule has 6 nitrogen and oxygen atoms in total. The minimum atomic E-state index is -0.219. The fourth-order valence-corrected chi connectivity index (χ4v) is 2.24. The van der Waals surface area contributed by atoms with Crippen molar-refractivity contribution < 1.29 is 9.53 Å². The summed E-state index contributed by atoms with van der Waals surface area (Å²) in [5, 5.41) is 7.97. The molecule has 0 fully saturated rings. The van der Waals surface area contributed by atoms with E-state index >= 15 is 0 Å². The molecule has 0 aliphatic heterocycles. The highest BCUT2D eigenvalue weighted by atomic mass is 16.5. The van der Waals surface area contributed by atoms with Gasteiger partial charge < -0.3 is 10.1 Å². The standard InChI is InChI=1S/C16H16N4O2/c1-10-4-9-13-14(19-20(2)15(13)17-10)18-16(21)11-5-7-12(22-3)8-6-11/h4-9H,1-3H3,(H,18,19,21). The molecule has 3 rings (SSSR count). The summed E-state index contributed by atoms with van der Waals surface area (Å²) in [6, 6.07) is 10.7. The number of fused-ring (bicyclic) bond motifs is 1. The molecule has 1 N–H and O–H groups in total. The number of nitrogens with zero attached hydrogens (tertiary/aromatic N) is 3. The maximum atomic E-state index is 12.3. The molecule has 0 unspecified atom stereocenters. The molecule has 0 aliphatic carbocycles. The van der Waals surface area contributed by atoms with Gasteiger partial charge in [-0.15, -0.1) is 0 Å². The molecule has 0 saturated carbocycles. The third kappa shape index (κ3) is 2.50. The van der Waals surface area contributed by atoms with E-state index in [2.05, 4.69) is 15.4 Å². The number of hydrogen-bond donors (Lipinski definition) is 1. The molecule has 112 valence electrons. The highest BCUT2D eigenvalue weighted by Crippen LogP contribution is 2.22. The van der Waals surface area contributed by atoms with E-state index in [-0.39, 0.29) is 5.91 Å². The zero-order chi connectivity index (χ0) is 15.7. The maximum Gasteiger partial charge on any atom is 0.256 e. The Bertz CT molecular complexity index is 837. The van der Waals surface area contributed by atoms with Crippen molar-refractivity contribution in [2.45, 2.75) is 6.92 Å². The molecule has 0 saturated heterocycles. The van der Waals surface area contributed by atoms with Crippen LogP contribution < -0.4 is 10.1 Å². The number of methoxy groups -OCH3 is 1. The molecular formula is C16H16N4O2. The van der Waals surface area contributed by atoms with Crippen molar-refractivity contribution >= 4 is 22.8 Å². The number of amides is 1. The highest BCUT2D eigenvalue weighted by molar-refractivity contribution is 6.07. The Hall–Kier alpha value is -2.89. The molecule has 0 spiro atoms. The summed E-state index contributed by atoms with van der Waals surface area (Å²) in [5.74, 6) is 0.994. The van der Waals surface area contributed by atoms with Gasteiger partial charge in [-0.1, -0.05) is 0 Å². The summed E-state index contributed by atoms with van der Waals surface area (Å²) < 4.78 is 6.74. The Morgan fingerprint density at radius 2 is 1.91 bits per heavy atom. The molecule has 1 amide bonds. The van der Waals surface area contributed by atoms with Crippen LogP contribution in [0.15, 0.2) is 36.4 Å². The molecule has 2 aromatic heterocycles. The topological polar surface area (TPSA) is 69.0 Å². The van der Waals surface area contributed by atoms with Crippen molar-refractivity contribution in [2.24, 2.45) is 7.05 Å². The predicted octanol–water partition coefficient (Wildman–Crippen LogP) is 2.54. The van der Waals surface area contributed by atoms with E-state index < -0.39 is 0 Å².